The van der Waals surface area contributed by atoms with Gasteiger partial charge < -0.3 is 21.5 Å². The molecule has 0 saturated carbocycles. The molecule has 0 spiro atoms. The van der Waals surface area contributed by atoms with Gasteiger partial charge in [-0.15, -0.1) is 5.12 Å². The Morgan fingerprint density at radius 2 is 1.90 bits per heavy atom. The Kier molecular flexibility index (Phi) is 6.21. The van der Waals surface area contributed by atoms with E-state index in [1.807, 2.05) is 11.2 Å². The van der Waals surface area contributed by atoms with Gasteiger partial charge in [0.25, 0.3) is 0 Å². The fraction of sp³-hybridized carbons (Fsp3) is 0.474. The molecule has 0 amide bonds. The van der Waals surface area contributed by atoms with Crippen molar-refractivity contribution in [1.29, 1.82) is 0 Å². The van der Waals surface area contributed by atoms with Gasteiger partial charge in [-0.2, -0.15) is 9.97 Å². The number of nitrogens with two attached hydrogens (primary N) is 1. The normalized spacial score (nSPS) is 14.9. The van der Waals surface area contributed by atoms with Crippen molar-refractivity contribution < 1.29 is 5.11 Å². The summed E-state index contributed by atoms with van der Waals surface area (Å²) in [6, 6.07) is 5.72. The minimum Gasteiger partial charge on any atom is -0.397 e. The number of aromatic nitrogens is 2. The summed E-state index contributed by atoms with van der Waals surface area (Å²) >= 11 is 6.06. The molecule has 0 aliphatic carbocycles. The van der Waals surface area contributed by atoms with Crippen molar-refractivity contribution >= 4 is 46.2 Å². The van der Waals surface area contributed by atoms with Crippen LogP contribution in [0.15, 0.2) is 18.2 Å². The molecule has 1 unspecified atom stereocenters. The highest BCUT2D eigenvalue weighted by atomic mass is 35.5. The maximum absolute atomic E-state index is 9.61. The summed E-state index contributed by atoms with van der Waals surface area (Å²) in [5.74, 6) is 1.71. The molecular weight excluding hydrogens is 392 g/mol. The number of aliphatic hydroxyl groups is 1. The molecule has 10 heteroatoms. The van der Waals surface area contributed by atoms with E-state index in [9.17, 15) is 5.11 Å². The summed E-state index contributed by atoms with van der Waals surface area (Å²) in [7, 11) is 0. The molecule has 3 rings (SSSR count). The van der Waals surface area contributed by atoms with E-state index >= 15 is 0 Å². The molecule has 9 nitrogen and oxygen atoms in total. The van der Waals surface area contributed by atoms with Crippen molar-refractivity contribution in [2.45, 2.75) is 52.8 Å². The van der Waals surface area contributed by atoms with Gasteiger partial charge in [0.2, 0.25) is 5.95 Å². The van der Waals surface area contributed by atoms with Gasteiger partial charge in [-0.25, -0.2) is 0 Å². The lowest BCUT2D eigenvalue weighted by Crippen LogP contribution is -2.49. The first-order valence-electron chi connectivity index (χ1n) is 9.68. The fourth-order valence-corrected chi connectivity index (χ4v) is 3.19. The van der Waals surface area contributed by atoms with Crippen molar-refractivity contribution in [1.82, 2.24) is 15.1 Å². The van der Waals surface area contributed by atoms with E-state index in [1.54, 1.807) is 19.1 Å². The SMILES string of the molecule is CC(O)CNc1nc(Nc2ccc(Cl)c(N)c2)c2c(n1)NN(C(C)C)N2C(C)C. The van der Waals surface area contributed by atoms with Crippen LogP contribution in [0.5, 0.6) is 0 Å². The molecule has 0 radical (unpaired) electrons. The summed E-state index contributed by atoms with van der Waals surface area (Å²) in [6.07, 6.45) is -0.522. The van der Waals surface area contributed by atoms with E-state index in [2.05, 4.69) is 58.7 Å². The number of nitrogens with zero attached hydrogens (tertiary/aromatic N) is 4. The lowest BCUT2D eigenvalue weighted by Gasteiger charge is -2.35. The number of fused-ring (bicyclic) bond motifs is 1. The van der Waals surface area contributed by atoms with Gasteiger partial charge in [0.1, 0.15) is 5.69 Å². The number of hydrogen-bond acceptors (Lipinski definition) is 9. The molecule has 0 bridgehead atoms. The Labute approximate surface area is 176 Å². The maximum atomic E-state index is 9.61. The summed E-state index contributed by atoms with van der Waals surface area (Å²) in [6.45, 7) is 10.5. The molecule has 1 atom stereocenters. The van der Waals surface area contributed by atoms with Crippen molar-refractivity contribution in [2.24, 2.45) is 0 Å². The van der Waals surface area contributed by atoms with Gasteiger partial charge in [0, 0.05) is 24.3 Å². The molecular formula is C19H29ClN8O. The molecule has 0 fully saturated rings. The van der Waals surface area contributed by atoms with Crippen molar-refractivity contribution in [3.63, 3.8) is 0 Å². The zero-order chi connectivity index (χ0) is 21.3. The van der Waals surface area contributed by atoms with E-state index in [0.29, 0.717) is 34.8 Å². The molecule has 0 saturated heterocycles. The zero-order valence-electron chi connectivity index (χ0n) is 17.4. The van der Waals surface area contributed by atoms with E-state index in [1.165, 1.54) is 0 Å². The van der Waals surface area contributed by atoms with Gasteiger partial charge in [-0.1, -0.05) is 11.6 Å². The number of aliphatic hydroxyl groups excluding tert-OH is 1. The van der Waals surface area contributed by atoms with Crippen molar-refractivity contribution in [2.75, 3.05) is 33.3 Å². The predicted octanol–water partition coefficient (Wildman–Crippen LogP) is 3.43. The summed E-state index contributed by atoms with van der Waals surface area (Å²) < 4.78 is 0. The van der Waals surface area contributed by atoms with Gasteiger partial charge in [0.05, 0.1) is 16.8 Å². The molecule has 1 aromatic heterocycles. The van der Waals surface area contributed by atoms with Gasteiger partial charge in [-0.05, 0) is 52.8 Å². The average molecular weight is 421 g/mol. The molecule has 1 aliphatic rings. The van der Waals surface area contributed by atoms with Crippen LogP contribution in [0, 0.1) is 0 Å². The van der Waals surface area contributed by atoms with Gasteiger partial charge >= 0.3 is 0 Å². The number of hydrazine groups is 2. The number of rotatable bonds is 7. The Hall–Kier alpha value is -2.49. The Morgan fingerprint density at radius 1 is 1.17 bits per heavy atom. The molecule has 6 N–H and O–H groups in total. The summed E-state index contributed by atoms with van der Waals surface area (Å²) in [5.41, 5.74) is 11.4. The monoisotopic (exact) mass is 420 g/mol. The fourth-order valence-electron chi connectivity index (χ4n) is 3.07. The summed E-state index contributed by atoms with van der Waals surface area (Å²) in [4.78, 5) is 9.27. The van der Waals surface area contributed by atoms with Crippen LogP contribution < -0.4 is 26.8 Å². The number of anilines is 6. The average Bonchev–Trinajstić information content (AvgIpc) is 3.03. The van der Waals surface area contributed by atoms with Crippen LogP contribution in [0.4, 0.5) is 34.6 Å². The van der Waals surface area contributed by atoms with Crippen LogP contribution in [-0.4, -0.2) is 44.9 Å². The third-order valence-electron chi connectivity index (χ3n) is 4.36. The highest BCUT2D eigenvalue weighted by Gasteiger charge is 2.35. The lowest BCUT2D eigenvalue weighted by molar-refractivity contribution is 0.208. The lowest BCUT2D eigenvalue weighted by atomic mass is 10.2. The van der Waals surface area contributed by atoms with Crippen LogP contribution in [0.1, 0.15) is 34.6 Å². The highest BCUT2D eigenvalue weighted by molar-refractivity contribution is 6.33. The van der Waals surface area contributed by atoms with Crippen LogP contribution >= 0.6 is 11.6 Å². The number of nitrogen functional groups attached to an aromatic ring is 1. The predicted molar refractivity (Wildman–Crippen MR) is 120 cm³/mol. The second-order valence-corrected chi connectivity index (χ2v) is 8.08. The minimum absolute atomic E-state index is 0.168. The first kappa shape index (κ1) is 21.2. The minimum atomic E-state index is -0.522. The molecule has 2 aromatic rings. The number of hydrogen-bond donors (Lipinski definition) is 5. The topological polar surface area (TPSA) is 115 Å². The number of halogens is 1. The van der Waals surface area contributed by atoms with Gasteiger partial charge in [0.15, 0.2) is 11.6 Å². The second kappa shape index (κ2) is 8.48. The van der Waals surface area contributed by atoms with E-state index in [4.69, 9.17) is 17.3 Å². The largest absolute Gasteiger partial charge is 0.397 e. The van der Waals surface area contributed by atoms with E-state index < -0.39 is 6.10 Å². The first-order valence-corrected chi connectivity index (χ1v) is 10.1. The van der Waals surface area contributed by atoms with Crippen LogP contribution in [0.3, 0.4) is 0 Å². The standard InChI is InChI=1S/C19H29ClN8O/c1-10(2)27-16-17(23-13-6-7-14(20)15(21)8-13)24-19(22-9-12(5)29)25-18(16)26-28(27)11(3)4/h6-8,10-12,29H,9,21H2,1-5H3,(H3,22,23,24,25,26). The van der Waals surface area contributed by atoms with Crippen molar-refractivity contribution in [3.05, 3.63) is 23.2 Å². The molecule has 1 aromatic carbocycles. The number of benzene rings is 1. The molecule has 29 heavy (non-hydrogen) atoms. The Morgan fingerprint density at radius 3 is 2.48 bits per heavy atom. The van der Waals surface area contributed by atoms with E-state index in [-0.39, 0.29) is 12.1 Å². The Bertz CT molecular complexity index is 874. The van der Waals surface area contributed by atoms with Crippen LogP contribution in [0.25, 0.3) is 0 Å². The molecule has 2 heterocycles. The second-order valence-electron chi connectivity index (χ2n) is 7.67. The smallest absolute Gasteiger partial charge is 0.226 e. The Balaban J connectivity index is 2.05. The third-order valence-corrected chi connectivity index (χ3v) is 4.70. The van der Waals surface area contributed by atoms with Crippen molar-refractivity contribution in [3.8, 4) is 0 Å². The first-order chi connectivity index (χ1) is 13.7. The quantitative estimate of drug-likeness (QED) is 0.429. The molecule has 1 aliphatic heterocycles. The zero-order valence-corrected chi connectivity index (χ0v) is 18.1. The van der Waals surface area contributed by atoms with Crippen LogP contribution in [0.2, 0.25) is 5.02 Å². The van der Waals surface area contributed by atoms with Crippen LogP contribution in [-0.2, 0) is 0 Å². The molecule has 158 valence electrons. The maximum Gasteiger partial charge on any atom is 0.226 e. The third kappa shape index (κ3) is 4.58. The number of nitrogens with one attached hydrogen (secondary N) is 3. The summed E-state index contributed by atoms with van der Waals surface area (Å²) in [5, 5.41) is 20.7. The van der Waals surface area contributed by atoms with Gasteiger partial charge in [-0.3, -0.25) is 10.4 Å². The highest BCUT2D eigenvalue weighted by Crippen LogP contribution is 2.42. The van der Waals surface area contributed by atoms with E-state index in [0.717, 1.165) is 11.4 Å².